The molecule has 2 aromatic carbocycles. The minimum atomic E-state index is -0.141. The summed E-state index contributed by atoms with van der Waals surface area (Å²) in [5.41, 5.74) is 9.75. The molecule has 0 unspecified atom stereocenters. The zero-order chi connectivity index (χ0) is 20.1. The minimum Gasteiger partial charge on any atom is -0.473 e. The van der Waals surface area contributed by atoms with Crippen molar-refractivity contribution in [1.29, 1.82) is 0 Å². The number of fused-ring (bicyclic) bond motifs is 1. The predicted molar refractivity (Wildman–Crippen MR) is 117 cm³/mol. The van der Waals surface area contributed by atoms with Gasteiger partial charge in [0, 0.05) is 29.4 Å². The van der Waals surface area contributed by atoms with Crippen LogP contribution in [-0.4, -0.2) is 20.9 Å². The van der Waals surface area contributed by atoms with Gasteiger partial charge in [0.2, 0.25) is 5.88 Å². The molecule has 0 saturated carbocycles. The molecule has 0 aliphatic carbocycles. The first-order valence-electron chi connectivity index (χ1n) is 9.29. The second kappa shape index (κ2) is 9.87. The average molecular weight is 424 g/mol. The van der Waals surface area contributed by atoms with Gasteiger partial charge in [-0.1, -0.05) is 30.3 Å². The Hall–Kier alpha value is -3.42. The SMILES string of the molecule is Cl.NCc1cc(OCc2cccc(C(=O)NCc3cc4ccccc4[nH]3)c2)ncn1. The molecule has 30 heavy (non-hydrogen) atoms. The van der Waals surface area contributed by atoms with Gasteiger partial charge in [-0.25, -0.2) is 9.97 Å². The Balaban J connectivity index is 0.00000256. The van der Waals surface area contributed by atoms with Crippen LogP contribution in [0.1, 0.15) is 27.3 Å². The number of halogens is 1. The third kappa shape index (κ3) is 5.14. The van der Waals surface area contributed by atoms with Crippen molar-refractivity contribution in [2.45, 2.75) is 19.7 Å². The van der Waals surface area contributed by atoms with Crippen LogP contribution in [0.2, 0.25) is 0 Å². The Morgan fingerprint density at radius 1 is 1.07 bits per heavy atom. The monoisotopic (exact) mass is 423 g/mol. The Morgan fingerprint density at radius 3 is 2.77 bits per heavy atom. The van der Waals surface area contributed by atoms with Gasteiger partial charge in [0.25, 0.3) is 5.91 Å². The number of aromatic nitrogens is 3. The molecular formula is C22H22ClN5O2. The smallest absolute Gasteiger partial charge is 0.251 e. The molecule has 0 spiro atoms. The number of nitrogens with one attached hydrogen (secondary N) is 2. The minimum absolute atomic E-state index is 0. The number of H-pyrrole nitrogens is 1. The number of ether oxygens (including phenoxy) is 1. The zero-order valence-corrected chi connectivity index (χ0v) is 17.0. The second-order valence-electron chi connectivity index (χ2n) is 6.61. The average Bonchev–Trinajstić information content (AvgIpc) is 3.19. The lowest BCUT2D eigenvalue weighted by molar-refractivity contribution is 0.0950. The van der Waals surface area contributed by atoms with E-state index in [1.165, 1.54) is 6.33 Å². The molecule has 4 N–H and O–H groups in total. The lowest BCUT2D eigenvalue weighted by Crippen LogP contribution is -2.23. The summed E-state index contributed by atoms with van der Waals surface area (Å²) in [6, 6.07) is 19.1. The van der Waals surface area contributed by atoms with Crippen molar-refractivity contribution in [2.24, 2.45) is 5.73 Å². The third-order valence-corrected chi connectivity index (χ3v) is 4.51. The van der Waals surface area contributed by atoms with E-state index in [2.05, 4.69) is 20.3 Å². The molecule has 0 radical (unpaired) electrons. The van der Waals surface area contributed by atoms with E-state index in [0.717, 1.165) is 22.2 Å². The molecular weight excluding hydrogens is 402 g/mol. The summed E-state index contributed by atoms with van der Waals surface area (Å²) in [6.07, 6.45) is 1.42. The van der Waals surface area contributed by atoms with Gasteiger partial charge in [0.15, 0.2) is 0 Å². The van der Waals surface area contributed by atoms with Crippen molar-refractivity contribution in [1.82, 2.24) is 20.3 Å². The molecule has 8 heteroatoms. The van der Waals surface area contributed by atoms with Crippen LogP contribution in [0.5, 0.6) is 5.88 Å². The van der Waals surface area contributed by atoms with Crippen LogP contribution in [0.4, 0.5) is 0 Å². The lowest BCUT2D eigenvalue weighted by Gasteiger charge is -2.08. The molecule has 0 atom stereocenters. The van der Waals surface area contributed by atoms with Crippen molar-refractivity contribution in [2.75, 3.05) is 0 Å². The molecule has 4 aromatic rings. The highest BCUT2D eigenvalue weighted by Gasteiger charge is 2.08. The fraction of sp³-hybridized carbons (Fsp3) is 0.136. The number of nitrogens with zero attached hydrogens (tertiary/aromatic N) is 2. The van der Waals surface area contributed by atoms with Crippen LogP contribution in [0.25, 0.3) is 10.9 Å². The summed E-state index contributed by atoms with van der Waals surface area (Å²) in [7, 11) is 0. The highest BCUT2D eigenvalue weighted by molar-refractivity contribution is 5.94. The van der Waals surface area contributed by atoms with Gasteiger partial charge in [-0.3, -0.25) is 4.79 Å². The Bertz CT molecular complexity index is 1110. The Labute approximate surface area is 180 Å². The van der Waals surface area contributed by atoms with Gasteiger partial charge in [0.1, 0.15) is 12.9 Å². The number of carbonyl (C=O) groups excluding carboxylic acids is 1. The molecule has 7 nitrogen and oxygen atoms in total. The van der Waals surface area contributed by atoms with E-state index in [4.69, 9.17) is 10.5 Å². The summed E-state index contributed by atoms with van der Waals surface area (Å²) in [5.74, 6) is 0.312. The molecule has 2 aromatic heterocycles. The quantitative estimate of drug-likeness (QED) is 0.422. The van der Waals surface area contributed by atoms with Crippen molar-refractivity contribution in [3.8, 4) is 5.88 Å². The van der Waals surface area contributed by atoms with Crippen LogP contribution in [0.15, 0.2) is 67.0 Å². The van der Waals surface area contributed by atoms with Gasteiger partial charge >= 0.3 is 0 Å². The number of rotatable bonds is 7. The highest BCUT2D eigenvalue weighted by atomic mass is 35.5. The van der Waals surface area contributed by atoms with Crippen LogP contribution < -0.4 is 15.8 Å². The molecule has 154 valence electrons. The lowest BCUT2D eigenvalue weighted by atomic mass is 10.1. The zero-order valence-electron chi connectivity index (χ0n) is 16.2. The number of aromatic amines is 1. The van der Waals surface area contributed by atoms with Crippen molar-refractivity contribution in [3.63, 3.8) is 0 Å². The largest absolute Gasteiger partial charge is 0.473 e. The predicted octanol–water partition coefficient (Wildman–Crippen LogP) is 3.35. The number of para-hydroxylation sites is 1. The number of hydrogen-bond acceptors (Lipinski definition) is 5. The van der Waals surface area contributed by atoms with E-state index in [-0.39, 0.29) is 18.3 Å². The molecule has 0 saturated heterocycles. The molecule has 2 heterocycles. The summed E-state index contributed by atoms with van der Waals surface area (Å²) in [5, 5.41) is 4.07. The number of amides is 1. The topological polar surface area (TPSA) is 106 Å². The summed E-state index contributed by atoms with van der Waals surface area (Å²) < 4.78 is 5.69. The fourth-order valence-electron chi connectivity index (χ4n) is 3.03. The van der Waals surface area contributed by atoms with Crippen LogP contribution >= 0.6 is 12.4 Å². The molecule has 0 bridgehead atoms. The highest BCUT2D eigenvalue weighted by Crippen LogP contribution is 2.15. The molecule has 0 fully saturated rings. The van der Waals surface area contributed by atoms with Crippen LogP contribution in [-0.2, 0) is 19.7 Å². The van der Waals surface area contributed by atoms with Crippen LogP contribution in [0.3, 0.4) is 0 Å². The summed E-state index contributed by atoms with van der Waals surface area (Å²) in [4.78, 5) is 24.0. The molecule has 0 aliphatic rings. The van der Waals surface area contributed by atoms with E-state index in [9.17, 15) is 4.79 Å². The van der Waals surface area contributed by atoms with Crippen molar-refractivity contribution >= 4 is 29.2 Å². The third-order valence-electron chi connectivity index (χ3n) is 4.51. The first-order valence-corrected chi connectivity index (χ1v) is 9.29. The number of nitrogens with two attached hydrogens (primary N) is 1. The van der Waals surface area contributed by atoms with E-state index < -0.39 is 0 Å². The van der Waals surface area contributed by atoms with Crippen LogP contribution in [0, 0.1) is 0 Å². The fourth-order valence-corrected chi connectivity index (χ4v) is 3.03. The van der Waals surface area contributed by atoms with Crippen molar-refractivity contribution < 1.29 is 9.53 Å². The number of carbonyl (C=O) groups is 1. The van der Waals surface area contributed by atoms with E-state index >= 15 is 0 Å². The Morgan fingerprint density at radius 2 is 1.93 bits per heavy atom. The molecule has 1 amide bonds. The van der Waals surface area contributed by atoms with E-state index in [0.29, 0.717) is 36.8 Å². The standard InChI is InChI=1S/C22H21N5O2.ClH/c23-11-18-10-21(26-14-25-18)29-13-15-4-3-6-17(8-15)22(28)24-12-19-9-16-5-1-2-7-20(16)27-19;/h1-10,14,27H,11-13,23H2,(H,24,28);1H. The molecule has 4 rings (SSSR count). The maximum Gasteiger partial charge on any atom is 0.251 e. The van der Waals surface area contributed by atoms with Crippen molar-refractivity contribution in [3.05, 3.63) is 89.5 Å². The Kier molecular flexibility index (Phi) is 7.00. The first kappa shape index (κ1) is 21.3. The number of benzene rings is 2. The summed E-state index contributed by atoms with van der Waals surface area (Å²) >= 11 is 0. The van der Waals surface area contributed by atoms with E-state index in [1.54, 1.807) is 12.1 Å². The summed E-state index contributed by atoms with van der Waals surface area (Å²) in [6.45, 7) is 1.05. The van der Waals surface area contributed by atoms with E-state index in [1.807, 2.05) is 48.5 Å². The van der Waals surface area contributed by atoms with Gasteiger partial charge < -0.3 is 20.8 Å². The first-order chi connectivity index (χ1) is 14.2. The van der Waals surface area contributed by atoms with Gasteiger partial charge in [-0.15, -0.1) is 12.4 Å². The van der Waals surface area contributed by atoms with Gasteiger partial charge in [-0.05, 0) is 35.2 Å². The van der Waals surface area contributed by atoms with Gasteiger partial charge in [-0.2, -0.15) is 0 Å². The maximum absolute atomic E-state index is 12.5. The molecule has 0 aliphatic heterocycles. The van der Waals surface area contributed by atoms with Gasteiger partial charge in [0.05, 0.1) is 12.2 Å². The second-order valence-corrected chi connectivity index (χ2v) is 6.61. The number of hydrogen-bond donors (Lipinski definition) is 3. The maximum atomic E-state index is 12.5. The normalized spacial score (nSPS) is 10.4.